The third-order valence-electron chi connectivity index (χ3n) is 3.37. The second-order valence-electron chi connectivity index (χ2n) is 4.71. The second-order valence-corrected chi connectivity index (χ2v) is 4.71. The Labute approximate surface area is 116 Å². The summed E-state index contributed by atoms with van der Waals surface area (Å²) in [6.45, 7) is 0. The van der Waals surface area contributed by atoms with Gasteiger partial charge < -0.3 is 24.2 Å². The molecule has 0 aliphatic carbocycles. The van der Waals surface area contributed by atoms with Crippen molar-refractivity contribution < 1.29 is 24.2 Å². The molecule has 0 atom stereocenters. The Morgan fingerprint density at radius 2 is 1.57 bits per heavy atom. The van der Waals surface area contributed by atoms with Gasteiger partial charge in [0.25, 0.3) is 0 Å². The molecule has 0 fully saturated rings. The molecule has 2 aromatic heterocycles. The number of aromatic hydroxyl groups is 3. The Bertz CT molecular complexity index is 1090. The highest BCUT2D eigenvalue weighted by atomic mass is 16.4. The minimum atomic E-state index is -0.692. The lowest BCUT2D eigenvalue weighted by Crippen LogP contribution is -1.98. The topological polar surface area (TPSA) is 104 Å². The fourth-order valence-corrected chi connectivity index (χ4v) is 2.51. The van der Waals surface area contributed by atoms with Crippen LogP contribution in [0.1, 0.15) is 0 Å². The number of phenols is 3. The molecule has 0 amide bonds. The summed E-state index contributed by atoms with van der Waals surface area (Å²) in [5.41, 5.74) is -0.106. The predicted molar refractivity (Wildman–Crippen MR) is 74.8 cm³/mol. The minimum Gasteiger partial charge on any atom is -0.508 e. The van der Waals surface area contributed by atoms with Crippen molar-refractivity contribution >= 4 is 32.9 Å². The van der Waals surface area contributed by atoms with E-state index in [-0.39, 0.29) is 44.8 Å². The summed E-state index contributed by atoms with van der Waals surface area (Å²) >= 11 is 0. The molecule has 0 bridgehead atoms. The lowest BCUT2D eigenvalue weighted by atomic mass is 10.1. The fraction of sp³-hybridized carbons (Fsp3) is 0. The fourth-order valence-electron chi connectivity index (χ4n) is 2.51. The highest BCUT2D eigenvalue weighted by Gasteiger charge is 2.19. The molecule has 4 rings (SSSR count). The molecule has 0 saturated carbocycles. The number of fused-ring (bicyclic) bond motifs is 5. The van der Waals surface area contributed by atoms with Gasteiger partial charge in [0.2, 0.25) is 0 Å². The summed E-state index contributed by atoms with van der Waals surface area (Å²) in [6, 6.07) is 6.72. The molecule has 2 aromatic carbocycles. The molecule has 0 unspecified atom stereocenters. The van der Waals surface area contributed by atoms with Gasteiger partial charge in [-0.05, 0) is 12.1 Å². The van der Waals surface area contributed by atoms with Gasteiger partial charge in [-0.15, -0.1) is 0 Å². The van der Waals surface area contributed by atoms with Gasteiger partial charge >= 0.3 is 5.63 Å². The molecular weight excluding hydrogens is 276 g/mol. The van der Waals surface area contributed by atoms with Gasteiger partial charge in [-0.25, -0.2) is 4.79 Å². The van der Waals surface area contributed by atoms with Crippen molar-refractivity contribution in [2.24, 2.45) is 0 Å². The number of benzene rings is 2. The van der Waals surface area contributed by atoms with Crippen LogP contribution in [0.5, 0.6) is 17.2 Å². The van der Waals surface area contributed by atoms with E-state index in [9.17, 15) is 20.1 Å². The largest absolute Gasteiger partial charge is 0.508 e. The van der Waals surface area contributed by atoms with Gasteiger partial charge in [0, 0.05) is 18.2 Å². The van der Waals surface area contributed by atoms with Crippen molar-refractivity contribution in [3.05, 3.63) is 40.8 Å². The first-order chi connectivity index (χ1) is 10.0. The Morgan fingerprint density at radius 3 is 2.38 bits per heavy atom. The van der Waals surface area contributed by atoms with E-state index < -0.39 is 5.63 Å². The van der Waals surface area contributed by atoms with Gasteiger partial charge in [-0.2, -0.15) is 0 Å². The third kappa shape index (κ3) is 1.50. The summed E-state index contributed by atoms with van der Waals surface area (Å²) in [4.78, 5) is 12.1. The third-order valence-corrected chi connectivity index (χ3v) is 3.37. The van der Waals surface area contributed by atoms with Crippen LogP contribution in [-0.2, 0) is 0 Å². The zero-order chi connectivity index (χ0) is 14.7. The van der Waals surface area contributed by atoms with E-state index in [1.54, 1.807) is 6.07 Å². The summed E-state index contributed by atoms with van der Waals surface area (Å²) in [7, 11) is 0. The van der Waals surface area contributed by atoms with E-state index >= 15 is 0 Å². The van der Waals surface area contributed by atoms with Crippen LogP contribution >= 0.6 is 0 Å². The summed E-state index contributed by atoms with van der Waals surface area (Å²) < 4.78 is 10.7. The smallest absolute Gasteiger partial charge is 0.348 e. The van der Waals surface area contributed by atoms with Crippen LogP contribution in [0.3, 0.4) is 0 Å². The van der Waals surface area contributed by atoms with Gasteiger partial charge in [0.15, 0.2) is 5.58 Å². The maximum Gasteiger partial charge on any atom is 0.348 e. The van der Waals surface area contributed by atoms with Crippen molar-refractivity contribution in [3.8, 4) is 17.2 Å². The molecule has 21 heavy (non-hydrogen) atoms. The Kier molecular flexibility index (Phi) is 2.05. The summed E-state index contributed by atoms with van der Waals surface area (Å²) in [6.07, 6.45) is 0. The van der Waals surface area contributed by atoms with Crippen LogP contribution in [0, 0.1) is 0 Å². The number of phenolic OH excluding ortho intramolecular Hbond substituents is 3. The zero-order valence-electron chi connectivity index (χ0n) is 10.5. The van der Waals surface area contributed by atoms with E-state index in [1.807, 2.05) is 0 Å². The first kappa shape index (κ1) is 11.7. The number of rotatable bonds is 0. The van der Waals surface area contributed by atoms with Crippen LogP contribution in [0.25, 0.3) is 32.9 Å². The molecule has 104 valence electrons. The Balaban J connectivity index is 2.35. The molecule has 6 heteroatoms. The van der Waals surface area contributed by atoms with E-state index in [4.69, 9.17) is 8.83 Å². The number of furan rings is 1. The molecular formula is C15H8O6. The van der Waals surface area contributed by atoms with Gasteiger partial charge in [-0.3, -0.25) is 0 Å². The van der Waals surface area contributed by atoms with Crippen LogP contribution in [0.15, 0.2) is 44.0 Å². The highest BCUT2D eigenvalue weighted by molar-refractivity contribution is 6.15. The maximum absolute atomic E-state index is 12.1. The molecule has 0 aliphatic rings. The number of hydrogen-bond donors (Lipinski definition) is 3. The van der Waals surface area contributed by atoms with E-state index in [1.165, 1.54) is 18.2 Å². The zero-order valence-corrected chi connectivity index (χ0v) is 10.5. The minimum absolute atomic E-state index is 0.0402. The van der Waals surface area contributed by atoms with Crippen LogP contribution < -0.4 is 5.63 Å². The first-order valence-electron chi connectivity index (χ1n) is 6.08. The normalized spacial score (nSPS) is 11.6. The molecule has 0 saturated heterocycles. The van der Waals surface area contributed by atoms with E-state index in [0.717, 1.165) is 6.07 Å². The second kappa shape index (κ2) is 3.69. The number of hydrogen-bond acceptors (Lipinski definition) is 6. The van der Waals surface area contributed by atoms with Crippen molar-refractivity contribution in [2.75, 3.05) is 0 Å². The average molecular weight is 284 g/mol. The summed E-state index contributed by atoms with van der Waals surface area (Å²) in [5.74, 6) is -0.485. The summed E-state index contributed by atoms with van der Waals surface area (Å²) in [5, 5.41) is 29.7. The van der Waals surface area contributed by atoms with E-state index in [0.29, 0.717) is 5.39 Å². The maximum atomic E-state index is 12.1. The monoisotopic (exact) mass is 284 g/mol. The first-order valence-corrected chi connectivity index (χ1v) is 6.08. The van der Waals surface area contributed by atoms with Gasteiger partial charge in [0.05, 0.1) is 10.8 Å². The molecule has 0 spiro atoms. The lowest BCUT2D eigenvalue weighted by molar-refractivity contribution is 0.454. The van der Waals surface area contributed by atoms with Crippen molar-refractivity contribution in [1.29, 1.82) is 0 Å². The average Bonchev–Trinajstić information content (AvgIpc) is 2.78. The SMILES string of the molecule is O=c1oc2cc(O)ccc2c2oc3cc(O)cc(O)c3c12. The molecule has 3 N–H and O–H groups in total. The lowest BCUT2D eigenvalue weighted by Gasteiger charge is -1.98. The van der Waals surface area contributed by atoms with E-state index in [2.05, 4.69) is 0 Å². The quantitative estimate of drug-likeness (QED) is 0.429. The Morgan fingerprint density at radius 1 is 0.810 bits per heavy atom. The molecule has 6 nitrogen and oxygen atoms in total. The van der Waals surface area contributed by atoms with Gasteiger partial charge in [-0.1, -0.05) is 0 Å². The van der Waals surface area contributed by atoms with Gasteiger partial charge in [0.1, 0.15) is 33.8 Å². The Hall–Kier alpha value is -3.15. The van der Waals surface area contributed by atoms with Crippen LogP contribution in [0.2, 0.25) is 0 Å². The molecule has 0 aliphatic heterocycles. The molecule has 4 aromatic rings. The predicted octanol–water partition coefficient (Wildman–Crippen LogP) is 2.81. The molecule has 0 radical (unpaired) electrons. The standard InChI is InChI=1S/C15H8O6/c16-6-1-2-8-10(4-6)21-15(19)13-12-9(18)3-7(17)5-11(12)20-14(8)13/h1-5,16-18H. The van der Waals surface area contributed by atoms with Crippen LogP contribution in [0.4, 0.5) is 0 Å². The van der Waals surface area contributed by atoms with Crippen molar-refractivity contribution in [2.45, 2.75) is 0 Å². The highest BCUT2D eigenvalue weighted by Crippen LogP contribution is 2.39. The van der Waals surface area contributed by atoms with Crippen molar-refractivity contribution in [3.63, 3.8) is 0 Å². The van der Waals surface area contributed by atoms with Crippen molar-refractivity contribution in [1.82, 2.24) is 0 Å². The molecule has 2 heterocycles. The van der Waals surface area contributed by atoms with Crippen LogP contribution in [-0.4, -0.2) is 15.3 Å².